The van der Waals surface area contributed by atoms with Crippen LogP contribution in [-0.4, -0.2) is 45.5 Å². The van der Waals surface area contributed by atoms with Crippen LogP contribution in [0.3, 0.4) is 0 Å². The number of carbonyl (C=O) groups excluding carboxylic acids is 1. The van der Waals surface area contributed by atoms with Crippen LogP contribution in [0.2, 0.25) is 0 Å². The molecule has 1 fully saturated rings. The number of nitro benzene ring substituents is 1. The smallest absolute Gasteiger partial charge is 0.273 e. The Kier molecular flexibility index (Phi) is 7.26. The lowest BCUT2D eigenvalue weighted by Gasteiger charge is -2.22. The fourth-order valence-corrected chi connectivity index (χ4v) is 3.17. The summed E-state index contributed by atoms with van der Waals surface area (Å²) in [6.45, 7) is 4.38. The van der Waals surface area contributed by atoms with Crippen molar-refractivity contribution in [1.82, 2.24) is 25.6 Å². The van der Waals surface area contributed by atoms with Gasteiger partial charge in [0.25, 0.3) is 11.6 Å². The van der Waals surface area contributed by atoms with Gasteiger partial charge in [-0.05, 0) is 51.3 Å². The molecule has 3 rings (SSSR count). The Balaban J connectivity index is 0.00000261. The standard InChI is InChI=1S/C17H22N6O3.ClH/c1-12-16(17(24)19-9-7-13-4-3-8-18-11-13)20-21-22(12)14-5-2-6-15(10-14)23(25)26;/h2,5-6,10,13,18H,3-4,7-9,11H2,1H3,(H,19,24);1H. The summed E-state index contributed by atoms with van der Waals surface area (Å²) >= 11 is 0. The first-order chi connectivity index (χ1) is 12.6. The van der Waals surface area contributed by atoms with Crippen LogP contribution in [-0.2, 0) is 0 Å². The molecule has 1 amide bonds. The van der Waals surface area contributed by atoms with E-state index in [9.17, 15) is 14.9 Å². The number of amides is 1. The number of piperidine rings is 1. The van der Waals surface area contributed by atoms with Crippen molar-refractivity contribution in [1.29, 1.82) is 0 Å². The van der Waals surface area contributed by atoms with Crippen molar-refractivity contribution >= 4 is 24.0 Å². The zero-order valence-corrected chi connectivity index (χ0v) is 15.9. The second-order valence-electron chi connectivity index (χ2n) is 6.47. The summed E-state index contributed by atoms with van der Waals surface area (Å²) in [6, 6.07) is 6.07. The Hall–Kier alpha value is -2.52. The summed E-state index contributed by atoms with van der Waals surface area (Å²) < 4.78 is 1.44. The minimum absolute atomic E-state index is 0. The van der Waals surface area contributed by atoms with Gasteiger partial charge in [0.15, 0.2) is 5.69 Å². The molecule has 2 aromatic rings. The van der Waals surface area contributed by atoms with E-state index in [4.69, 9.17) is 0 Å². The number of hydrogen-bond acceptors (Lipinski definition) is 6. The topological polar surface area (TPSA) is 115 Å². The summed E-state index contributed by atoms with van der Waals surface area (Å²) in [5.74, 6) is 0.314. The Morgan fingerprint density at radius 3 is 3.00 bits per heavy atom. The molecule has 1 aromatic carbocycles. The number of benzene rings is 1. The molecule has 2 heterocycles. The van der Waals surface area contributed by atoms with Crippen molar-refractivity contribution in [2.45, 2.75) is 26.2 Å². The van der Waals surface area contributed by atoms with Gasteiger partial charge in [-0.2, -0.15) is 0 Å². The maximum Gasteiger partial charge on any atom is 0.273 e. The van der Waals surface area contributed by atoms with Crippen LogP contribution in [0.15, 0.2) is 24.3 Å². The summed E-state index contributed by atoms with van der Waals surface area (Å²) in [5.41, 5.74) is 1.24. The molecule has 1 aromatic heterocycles. The van der Waals surface area contributed by atoms with E-state index in [1.807, 2.05) is 0 Å². The normalized spacial score (nSPS) is 16.4. The molecule has 2 N–H and O–H groups in total. The molecule has 9 nitrogen and oxygen atoms in total. The Morgan fingerprint density at radius 2 is 2.30 bits per heavy atom. The number of nitrogens with zero attached hydrogens (tertiary/aromatic N) is 4. The van der Waals surface area contributed by atoms with E-state index in [2.05, 4.69) is 20.9 Å². The van der Waals surface area contributed by atoms with Gasteiger partial charge < -0.3 is 10.6 Å². The number of hydrogen-bond donors (Lipinski definition) is 2. The van der Waals surface area contributed by atoms with Crippen LogP contribution in [0, 0.1) is 23.0 Å². The van der Waals surface area contributed by atoms with Gasteiger partial charge in [0.2, 0.25) is 0 Å². The van der Waals surface area contributed by atoms with Gasteiger partial charge in [-0.1, -0.05) is 11.3 Å². The van der Waals surface area contributed by atoms with Gasteiger partial charge in [-0.3, -0.25) is 14.9 Å². The highest BCUT2D eigenvalue weighted by Gasteiger charge is 2.19. The Labute approximate surface area is 163 Å². The van der Waals surface area contributed by atoms with Gasteiger partial charge in [0.05, 0.1) is 16.3 Å². The van der Waals surface area contributed by atoms with Gasteiger partial charge in [-0.15, -0.1) is 17.5 Å². The van der Waals surface area contributed by atoms with Crippen molar-refractivity contribution in [3.05, 3.63) is 45.8 Å². The van der Waals surface area contributed by atoms with E-state index >= 15 is 0 Å². The van der Waals surface area contributed by atoms with E-state index in [1.165, 1.54) is 29.7 Å². The maximum atomic E-state index is 12.4. The third kappa shape index (κ3) is 5.01. The van der Waals surface area contributed by atoms with Gasteiger partial charge in [0, 0.05) is 18.7 Å². The molecule has 0 aliphatic carbocycles. The van der Waals surface area contributed by atoms with Crippen molar-refractivity contribution in [3.8, 4) is 5.69 Å². The van der Waals surface area contributed by atoms with Crippen LogP contribution in [0.25, 0.3) is 5.69 Å². The molecule has 27 heavy (non-hydrogen) atoms. The molecular formula is C17H23ClN6O3. The maximum absolute atomic E-state index is 12.4. The zero-order chi connectivity index (χ0) is 18.5. The quantitative estimate of drug-likeness (QED) is 0.572. The van der Waals surface area contributed by atoms with Crippen LogP contribution < -0.4 is 10.6 Å². The van der Waals surface area contributed by atoms with E-state index in [0.29, 0.717) is 23.8 Å². The lowest BCUT2D eigenvalue weighted by Crippen LogP contribution is -2.33. The first-order valence-electron chi connectivity index (χ1n) is 8.72. The van der Waals surface area contributed by atoms with Crippen LogP contribution >= 0.6 is 12.4 Å². The number of carbonyl (C=O) groups is 1. The number of halogens is 1. The van der Waals surface area contributed by atoms with Crippen molar-refractivity contribution < 1.29 is 9.72 Å². The molecule has 0 radical (unpaired) electrons. The molecule has 146 valence electrons. The van der Waals surface area contributed by atoms with Crippen molar-refractivity contribution in [3.63, 3.8) is 0 Å². The van der Waals surface area contributed by atoms with E-state index in [-0.39, 0.29) is 29.7 Å². The fraction of sp³-hybridized carbons (Fsp3) is 0.471. The van der Waals surface area contributed by atoms with Crippen molar-refractivity contribution in [2.75, 3.05) is 19.6 Å². The highest BCUT2D eigenvalue weighted by molar-refractivity contribution is 5.93. The molecule has 0 saturated carbocycles. The predicted molar refractivity (Wildman–Crippen MR) is 103 cm³/mol. The van der Waals surface area contributed by atoms with E-state index in [1.54, 1.807) is 19.1 Å². The molecule has 10 heteroatoms. The van der Waals surface area contributed by atoms with E-state index < -0.39 is 4.92 Å². The summed E-state index contributed by atoms with van der Waals surface area (Å²) in [4.78, 5) is 22.8. The monoisotopic (exact) mass is 394 g/mol. The van der Waals surface area contributed by atoms with Crippen LogP contribution in [0.5, 0.6) is 0 Å². The largest absolute Gasteiger partial charge is 0.351 e. The zero-order valence-electron chi connectivity index (χ0n) is 15.1. The van der Waals surface area contributed by atoms with Crippen LogP contribution in [0.1, 0.15) is 35.4 Å². The molecule has 1 aliphatic rings. The molecular weight excluding hydrogens is 372 g/mol. The second-order valence-corrected chi connectivity index (χ2v) is 6.47. The first kappa shape index (κ1) is 20.8. The lowest BCUT2D eigenvalue weighted by molar-refractivity contribution is -0.384. The minimum Gasteiger partial charge on any atom is -0.351 e. The lowest BCUT2D eigenvalue weighted by atomic mass is 9.96. The molecule has 0 bridgehead atoms. The molecule has 1 aliphatic heterocycles. The number of nitrogens with one attached hydrogen (secondary N) is 2. The highest BCUT2D eigenvalue weighted by Crippen LogP contribution is 2.18. The van der Waals surface area contributed by atoms with Crippen molar-refractivity contribution in [2.24, 2.45) is 5.92 Å². The third-order valence-electron chi connectivity index (χ3n) is 4.63. The van der Waals surface area contributed by atoms with E-state index in [0.717, 1.165) is 19.5 Å². The Bertz CT molecular complexity index is 804. The summed E-state index contributed by atoms with van der Waals surface area (Å²) in [6.07, 6.45) is 3.29. The molecule has 1 unspecified atom stereocenters. The first-order valence-corrected chi connectivity index (χ1v) is 8.72. The highest BCUT2D eigenvalue weighted by atomic mass is 35.5. The minimum atomic E-state index is -0.469. The molecule has 0 spiro atoms. The molecule has 1 atom stereocenters. The SMILES string of the molecule is Cc1c(C(=O)NCCC2CCCNC2)nnn1-c1cccc([N+](=O)[O-])c1.Cl. The summed E-state index contributed by atoms with van der Waals surface area (Å²) in [5, 5.41) is 25.1. The number of rotatable bonds is 6. The number of aromatic nitrogens is 3. The fourth-order valence-electron chi connectivity index (χ4n) is 3.17. The van der Waals surface area contributed by atoms with Gasteiger partial charge in [-0.25, -0.2) is 4.68 Å². The van der Waals surface area contributed by atoms with Crippen LogP contribution in [0.4, 0.5) is 5.69 Å². The summed E-state index contributed by atoms with van der Waals surface area (Å²) in [7, 11) is 0. The number of non-ortho nitro benzene ring substituents is 1. The molecule has 1 saturated heterocycles. The predicted octanol–water partition coefficient (Wildman–Crippen LogP) is 2.03. The third-order valence-corrected chi connectivity index (χ3v) is 4.63. The van der Waals surface area contributed by atoms with Gasteiger partial charge >= 0.3 is 0 Å². The van der Waals surface area contributed by atoms with Gasteiger partial charge in [0.1, 0.15) is 0 Å². The second kappa shape index (κ2) is 9.43. The Morgan fingerprint density at radius 1 is 1.48 bits per heavy atom. The number of nitro groups is 1. The average Bonchev–Trinajstić information content (AvgIpc) is 3.04. The average molecular weight is 395 g/mol.